The van der Waals surface area contributed by atoms with Gasteiger partial charge < -0.3 is 4.98 Å². The quantitative estimate of drug-likeness (QED) is 0.338. The van der Waals surface area contributed by atoms with Gasteiger partial charge in [-0.25, -0.2) is 0 Å². The highest BCUT2D eigenvalue weighted by atomic mass is 14.7. The van der Waals surface area contributed by atoms with Crippen LogP contribution in [-0.4, -0.2) is 4.98 Å². The number of nitrogens with one attached hydrogen (secondary N) is 1. The minimum Gasteiger partial charge on any atom is -0.354 e. The zero-order valence-corrected chi connectivity index (χ0v) is 12.4. The molecule has 1 aromatic heterocycles. The van der Waals surface area contributed by atoms with E-state index in [2.05, 4.69) is 78.6 Å². The predicted molar refractivity (Wildman–Crippen MR) is 95.6 cm³/mol. The minimum atomic E-state index is 1.21. The summed E-state index contributed by atoms with van der Waals surface area (Å²) < 4.78 is 0. The van der Waals surface area contributed by atoms with Crippen molar-refractivity contribution in [3.63, 3.8) is 0 Å². The molecule has 0 aliphatic rings. The summed E-state index contributed by atoms with van der Waals surface area (Å²) in [6.07, 6.45) is 0. The first-order chi connectivity index (χ1) is 10.8. The van der Waals surface area contributed by atoms with E-state index < -0.39 is 0 Å². The number of aryl methyl sites for hydroxylation is 1. The van der Waals surface area contributed by atoms with E-state index in [0.717, 1.165) is 0 Å². The summed E-state index contributed by atoms with van der Waals surface area (Å²) in [7, 11) is 0. The Balaban J connectivity index is 2.22. The van der Waals surface area contributed by atoms with E-state index in [0.29, 0.717) is 0 Å². The zero-order chi connectivity index (χ0) is 14.7. The van der Waals surface area contributed by atoms with E-state index in [1.807, 2.05) is 0 Å². The van der Waals surface area contributed by atoms with Crippen molar-refractivity contribution in [3.8, 4) is 0 Å². The molecule has 4 aromatic carbocycles. The van der Waals surface area contributed by atoms with Crippen molar-refractivity contribution in [3.05, 3.63) is 72.3 Å². The van der Waals surface area contributed by atoms with Gasteiger partial charge in [0.2, 0.25) is 0 Å². The topological polar surface area (TPSA) is 15.8 Å². The Morgan fingerprint density at radius 3 is 2.05 bits per heavy atom. The normalized spacial score (nSPS) is 11.9. The number of rotatable bonds is 0. The molecule has 0 atom stereocenters. The molecule has 1 heterocycles. The van der Waals surface area contributed by atoms with Crippen molar-refractivity contribution in [2.24, 2.45) is 0 Å². The molecule has 0 bridgehead atoms. The van der Waals surface area contributed by atoms with Gasteiger partial charge in [0.25, 0.3) is 0 Å². The molecule has 22 heavy (non-hydrogen) atoms. The minimum absolute atomic E-state index is 1.21. The number of fused-ring (bicyclic) bond motifs is 8. The first kappa shape index (κ1) is 11.8. The lowest BCUT2D eigenvalue weighted by molar-refractivity contribution is 1.49. The van der Waals surface area contributed by atoms with E-state index in [4.69, 9.17) is 0 Å². The van der Waals surface area contributed by atoms with Gasteiger partial charge in [-0.15, -0.1) is 0 Å². The van der Waals surface area contributed by atoms with Crippen LogP contribution in [0.1, 0.15) is 5.56 Å². The molecule has 0 saturated carbocycles. The predicted octanol–water partition coefficient (Wildman–Crippen LogP) is 5.94. The molecule has 0 fully saturated rings. The molecule has 0 saturated heterocycles. The fraction of sp³-hybridized carbons (Fsp3) is 0.0476. The molecule has 0 radical (unpaired) electrons. The second kappa shape index (κ2) is 4.11. The van der Waals surface area contributed by atoms with E-state index in [9.17, 15) is 0 Å². The Morgan fingerprint density at radius 1 is 0.636 bits per heavy atom. The van der Waals surface area contributed by atoms with Crippen LogP contribution in [0.4, 0.5) is 0 Å². The third-order valence-corrected chi connectivity index (χ3v) is 4.64. The van der Waals surface area contributed by atoms with Crippen molar-refractivity contribution < 1.29 is 0 Å². The third kappa shape index (κ3) is 1.43. The number of hydrogen-bond acceptors (Lipinski definition) is 0. The molecular weight excluding hydrogens is 266 g/mol. The van der Waals surface area contributed by atoms with Crippen molar-refractivity contribution in [1.82, 2.24) is 4.98 Å². The highest BCUT2D eigenvalue weighted by Gasteiger charge is 2.12. The Kier molecular flexibility index (Phi) is 2.21. The lowest BCUT2D eigenvalue weighted by Crippen LogP contribution is -1.80. The van der Waals surface area contributed by atoms with Gasteiger partial charge in [0, 0.05) is 21.7 Å². The maximum Gasteiger partial charge on any atom is 0.0551 e. The monoisotopic (exact) mass is 281 g/mol. The van der Waals surface area contributed by atoms with Crippen LogP contribution < -0.4 is 0 Å². The molecule has 5 aromatic rings. The highest BCUT2D eigenvalue weighted by Crippen LogP contribution is 2.38. The SMILES string of the molecule is Cc1ccc2[nH]c3c4ccccc4c4ccccc4c3c2c1. The summed E-state index contributed by atoms with van der Waals surface area (Å²) in [5.74, 6) is 0. The van der Waals surface area contributed by atoms with Crippen molar-refractivity contribution in [2.45, 2.75) is 6.92 Å². The van der Waals surface area contributed by atoms with Crippen molar-refractivity contribution >= 4 is 43.4 Å². The van der Waals surface area contributed by atoms with E-state index in [1.165, 1.54) is 48.9 Å². The molecule has 0 amide bonds. The van der Waals surface area contributed by atoms with Gasteiger partial charge in [-0.3, -0.25) is 0 Å². The molecule has 0 aliphatic heterocycles. The van der Waals surface area contributed by atoms with Gasteiger partial charge in [0.15, 0.2) is 0 Å². The standard InChI is InChI=1S/C21H15N/c1-13-10-11-19-18(12-13)20-16-8-4-2-6-14(16)15-7-3-5-9-17(15)21(20)22-19/h2-12,22H,1H3. The zero-order valence-electron chi connectivity index (χ0n) is 12.4. The number of aromatic nitrogens is 1. The van der Waals surface area contributed by atoms with Crippen LogP contribution in [0.3, 0.4) is 0 Å². The van der Waals surface area contributed by atoms with Crippen LogP contribution in [0.25, 0.3) is 43.4 Å². The molecule has 1 heteroatoms. The van der Waals surface area contributed by atoms with Gasteiger partial charge in [-0.1, -0.05) is 60.2 Å². The maximum absolute atomic E-state index is 3.64. The molecule has 0 unspecified atom stereocenters. The molecule has 0 spiro atoms. The van der Waals surface area contributed by atoms with Gasteiger partial charge >= 0.3 is 0 Å². The Bertz CT molecular complexity index is 1180. The van der Waals surface area contributed by atoms with Crippen LogP contribution in [0, 0.1) is 6.92 Å². The average molecular weight is 281 g/mol. The number of hydrogen-bond donors (Lipinski definition) is 1. The lowest BCUT2D eigenvalue weighted by Gasteiger charge is -2.07. The smallest absolute Gasteiger partial charge is 0.0551 e. The van der Waals surface area contributed by atoms with E-state index in [1.54, 1.807) is 0 Å². The largest absolute Gasteiger partial charge is 0.354 e. The van der Waals surface area contributed by atoms with Gasteiger partial charge in [0.1, 0.15) is 0 Å². The molecule has 1 nitrogen and oxygen atoms in total. The molecular formula is C21H15N. The summed E-state index contributed by atoms with van der Waals surface area (Å²) >= 11 is 0. The molecule has 1 N–H and O–H groups in total. The van der Waals surface area contributed by atoms with Crippen LogP contribution in [0.2, 0.25) is 0 Å². The van der Waals surface area contributed by atoms with Crippen molar-refractivity contribution in [1.29, 1.82) is 0 Å². The van der Waals surface area contributed by atoms with Crippen molar-refractivity contribution in [2.75, 3.05) is 0 Å². The van der Waals surface area contributed by atoms with E-state index in [-0.39, 0.29) is 0 Å². The number of aromatic amines is 1. The molecule has 5 rings (SSSR count). The summed E-state index contributed by atoms with van der Waals surface area (Å²) in [4.78, 5) is 3.64. The summed E-state index contributed by atoms with van der Waals surface area (Å²) in [5.41, 5.74) is 3.75. The van der Waals surface area contributed by atoms with Gasteiger partial charge in [-0.05, 0) is 35.2 Å². The van der Waals surface area contributed by atoms with Crippen LogP contribution in [0.15, 0.2) is 66.7 Å². The average Bonchev–Trinajstić information content (AvgIpc) is 2.94. The van der Waals surface area contributed by atoms with E-state index >= 15 is 0 Å². The van der Waals surface area contributed by atoms with Gasteiger partial charge in [0.05, 0.1) is 5.52 Å². The Morgan fingerprint density at radius 2 is 1.27 bits per heavy atom. The summed E-state index contributed by atoms with van der Waals surface area (Å²) in [6.45, 7) is 2.15. The maximum atomic E-state index is 3.64. The van der Waals surface area contributed by atoms with Crippen LogP contribution >= 0.6 is 0 Å². The summed E-state index contributed by atoms with van der Waals surface area (Å²) in [5, 5.41) is 7.92. The molecule has 104 valence electrons. The second-order valence-corrected chi connectivity index (χ2v) is 6.02. The second-order valence-electron chi connectivity index (χ2n) is 6.02. The van der Waals surface area contributed by atoms with Gasteiger partial charge in [-0.2, -0.15) is 0 Å². The highest BCUT2D eigenvalue weighted by molar-refractivity contribution is 6.31. The number of H-pyrrole nitrogens is 1. The van der Waals surface area contributed by atoms with Crippen LogP contribution in [0.5, 0.6) is 0 Å². The Hall–Kier alpha value is -2.80. The fourth-order valence-corrected chi connectivity index (χ4v) is 3.66. The third-order valence-electron chi connectivity index (χ3n) is 4.64. The molecule has 0 aliphatic carbocycles. The Labute approximate surface area is 128 Å². The summed E-state index contributed by atoms with van der Waals surface area (Å²) in [6, 6.07) is 24.0. The first-order valence-electron chi connectivity index (χ1n) is 7.64. The first-order valence-corrected chi connectivity index (χ1v) is 7.64. The number of benzene rings is 4. The van der Waals surface area contributed by atoms with Crippen LogP contribution in [-0.2, 0) is 0 Å². The fourth-order valence-electron chi connectivity index (χ4n) is 3.66. The lowest BCUT2D eigenvalue weighted by atomic mass is 9.96.